The van der Waals surface area contributed by atoms with Crippen molar-refractivity contribution in [2.45, 2.75) is 50.7 Å². The maximum absolute atomic E-state index is 14.5. The maximum Gasteiger partial charge on any atom is 0.490 e. The summed E-state index contributed by atoms with van der Waals surface area (Å²) in [7, 11) is 0. The highest BCUT2D eigenvalue weighted by Crippen LogP contribution is 2.33. The molecule has 1 aromatic heterocycles. The van der Waals surface area contributed by atoms with Gasteiger partial charge in [-0.25, -0.2) is 9.18 Å². The third kappa shape index (κ3) is 6.65. The largest absolute Gasteiger partial charge is 0.490 e. The van der Waals surface area contributed by atoms with Crippen LogP contribution in [0.15, 0.2) is 34.1 Å². The molecule has 0 radical (unpaired) electrons. The summed E-state index contributed by atoms with van der Waals surface area (Å²) in [6.45, 7) is 1.78. The van der Waals surface area contributed by atoms with Crippen molar-refractivity contribution in [2.75, 3.05) is 0 Å². The predicted molar refractivity (Wildman–Crippen MR) is 106 cm³/mol. The van der Waals surface area contributed by atoms with Crippen molar-refractivity contribution in [2.24, 2.45) is 5.73 Å². The smallest absolute Gasteiger partial charge is 0.475 e. The lowest BCUT2D eigenvalue weighted by Gasteiger charge is -2.16. The van der Waals surface area contributed by atoms with Crippen molar-refractivity contribution in [3.63, 3.8) is 0 Å². The number of alkyl halides is 3. The van der Waals surface area contributed by atoms with Crippen molar-refractivity contribution >= 4 is 29.2 Å². The highest BCUT2D eigenvalue weighted by Gasteiger charge is 2.38. The molecule has 1 unspecified atom stereocenters. The average Bonchev–Trinajstić information content (AvgIpc) is 3.38. The molecule has 3 N–H and O–H groups in total. The van der Waals surface area contributed by atoms with Crippen LogP contribution in [0.25, 0.3) is 11.4 Å². The molecule has 31 heavy (non-hydrogen) atoms. The van der Waals surface area contributed by atoms with Crippen LogP contribution >= 0.6 is 23.2 Å². The number of benzene rings is 1. The molecule has 0 saturated heterocycles. The second-order valence-electron chi connectivity index (χ2n) is 6.86. The zero-order valence-corrected chi connectivity index (χ0v) is 17.7. The Labute approximate surface area is 185 Å². The van der Waals surface area contributed by atoms with Gasteiger partial charge < -0.3 is 15.4 Å². The monoisotopic (exact) mass is 483 g/mol. The number of aromatic nitrogens is 2. The summed E-state index contributed by atoms with van der Waals surface area (Å²) in [5.74, 6) is -2.81. The number of carbonyl (C=O) groups is 1. The fourth-order valence-corrected chi connectivity index (χ4v) is 3.34. The molecule has 0 aliphatic heterocycles. The molecule has 2 aromatic rings. The number of hydrogen-bond donors (Lipinski definition) is 2. The summed E-state index contributed by atoms with van der Waals surface area (Å²) in [5, 5.41) is 12.0. The number of rotatable bonds is 4. The van der Waals surface area contributed by atoms with E-state index in [0.717, 1.165) is 31.3 Å². The minimum absolute atomic E-state index is 0.246. The summed E-state index contributed by atoms with van der Waals surface area (Å²) in [6, 6.07) is 4.23. The highest BCUT2D eigenvalue weighted by molar-refractivity contribution is 6.36. The molecule has 12 heteroatoms. The normalized spacial score (nSPS) is 15.8. The van der Waals surface area contributed by atoms with E-state index in [1.165, 1.54) is 0 Å². The lowest BCUT2D eigenvalue weighted by atomic mass is 9.98. The topological polar surface area (TPSA) is 102 Å². The van der Waals surface area contributed by atoms with Crippen LogP contribution in [0.3, 0.4) is 0 Å². The summed E-state index contributed by atoms with van der Waals surface area (Å²) >= 11 is 12.0. The Bertz CT molecular complexity index is 955. The second kappa shape index (κ2) is 10.4. The van der Waals surface area contributed by atoms with Crippen LogP contribution in [0, 0.1) is 0 Å². The molecule has 1 aliphatic rings. The van der Waals surface area contributed by atoms with Crippen molar-refractivity contribution in [3.05, 3.63) is 45.5 Å². The summed E-state index contributed by atoms with van der Waals surface area (Å²) in [6.07, 6.45) is -1.49. The van der Waals surface area contributed by atoms with Gasteiger partial charge in [-0.2, -0.15) is 18.2 Å². The molecular weight excluding hydrogens is 465 g/mol. The summed E-state index contributed by atoms with van der Waals surface area (Å²) in [5.41, 5.74) is 7.48. The van der Waals surface area contributed by atoms with Gasteiger partial charge in [-0.1, -0.05) is 35.3 Å². The average molecular weight is 484 g/mol. The van der Waals surface area contributed by atoms with Gasteiger partial charge >= 0.3 is 12.1 Å². The molecule has 1 aliphatic carbocycles. The number of halogens is 6. The van der Waals surface area contributed by atoms with Gasteiger partial charge in [-0.3, -0.25) is 0 Å². The molecule has 1 aromatic carbocycles. The molecule has 0 amide bonds. The van der Waals surface area contributed by atoms with Gasteiger partial charge in [0.15, 0.2) is 0 Å². The summed E-state index contributed by atoms with van der Waals surface area (Å²) < 4.78 is 51.5. The molecule has 1 fully saturated rings. The lowest BCUT2D eigenvalue weighted by Crippen LogP contribution is -2.28. The van der Waals surface area contributed by atoms with Crippen LogP contribution in [0.1, 0.15) is 44.4 Å². The van der Waals surface area contributed by atoms with Gasteiger partial charge in [0.05, 0.1) is 17.0 Å². The standard InChI is InChI=1S/C17H18Cl2FN3O.C2HF3O2/c1-9(15(21)14(20)10-4-2-3-5-10)17-22-16(23-24-17)12-7-6-11(18)8-13(12)19;3-2(4,5)1(6)7/h6-9,15H,2-5,21H2,1H3;(H,6,7)/t9?,15-;/m0./s1. The molecule has 2 atom stereocenters. The zero-order valence-electron chi connectivity index (χ0n) is 16.2. The zero-order chi connectivity index (χ0) is 23.3. The Morgan fingerprint density at radius 1 is 1.26 bits per heavy atom. The first-order chi connectivity index (χ1) is 14.4. The van der Waals surface area contributed by atoms with Gasteiger partial charge in [0.25, 0.3) is 0 Å². The van der Waals surface area contributed by atoms with E-state index in [0.29, 0.717) is 21.4 Å². The van der Waals surface area contributed by atoms with Crippen LogP contribution in [0.5, 0.6) is 0 Å². The van der Waals surface area contributed by atoms with Crippen LogP contribution in [-0.2, 0) is 4.79 Å². The van der Waals surface area contributed by atoms with Crippen LogP contribution in [-0.4, -0.2) is 33.4 Å². The molecule has 1 heterocycles. The van der Waals surface area contributed by atoms with E-state index in [1.54, 1.807) is 25.1 Å². The van der Waals surface area contributed by atoms with Crippen molar-refractivity contribution in [1.82, 2.24) is 10.1 Å². The van der Waals surface area contributed by atoms with Gasteiger partial charge in [-0.15, -0.1) is 0 Å². The maximum atomic E-state index is 14.5. The third-order valence-corrected chi connectivity index (χ3v) is 5.17. The third-order valence-electron chi connectivity index (χ3n) is 4.62. The SMILES string of the molecule is CC(c1nc(-c2ccc(Cl)cc2Cl)no1)[C@H](N)C(F)=C1CCCC1.O=C(O)C(F)(F)F. The Hall–Kier alpha value is -2.17. The number of hydrogen-bond acceptors (Lipinski definition) is 5. The van der Waals surface area contributed by atoms with Gasteiger partial charge in [0, 0.05) is 10.6 Å². The number of carboxylic acid groups (broad SMARTS) is 1. The Morgan fingerprint density at radius 2 is 1.84 bits per heavy atom. The van der Waals surface area contributed by atoms with E-state index in [-0.39, 0.29) is 11.7 Å². The van der Waals surface area contributed by atoms with Crippen molar-refractivity contribution < 1.29 is 32.0 Å². The van der Waals surface area contributed by atoms with Gasteiger partial charge in [-0.05, 0) is 49.5 Å². The van der Waals surface area contributed by atoms with E-state index in [2.05, 4.69) is 10.1 Å². The van der Waals surface area contributed by atoms with E-state index in [1.807, 2.05) is 0 Å². The Balaban J connectivity index is 0.000000423. The molecule has 1 saturated carbocycles. The Kier molecular flexibility index (Phi) is 8.44. The first-order valence-electron chi connectivity index (χ1n) is 9.14. The molecule has 6 nitrogen and oxygen atoms in total. The fourth-order valence-electron chi connectivity index (χ4n) is 2.85. The highest BCUT2D eigenvalue weighted by atomic mass is 35.5. The second-order valence-corrected chi connectivity index (χ2v) is 7.70. The van der Waals surface area contributed by atoms with E-state index < -0.39 is 24.1 Å². The van der Waals surface area contributed by atoms with E-state index in [4.69, 9.17) is 43.4 Å². The predicted octanol–water partition coefficient (Wildman–Crippen LogP) is 5.91. The minimum atomic E-state index is -5.08. The fraction of sp³-hybridized carbons (Fsp3) is 0.421. The number of aliphatic carboxylic acids is 1. The van der Waals surface area contributed by atoms with Crippen molar-refractivity contribution in [3.8, 4) is 11.4 Å². The molecule has 3 rings (SSSR count). The molecule has 0 spiro atoms. The molecular formula is C19H19Cl2F4N3O3. The van der Waals surface area contributed by atoms with Crippen LogP contribution in [0.4, 0.5) is 17.6 Å². The number of nitrogens with zero attached hydrogens (tertiary/aromatic N) is 2. The quantitative estimate of drug-likeness (QED) is 0.524. The first-order valence-corrected chi connectivity index (χ1v) is 9.89. The van der Waals surface area contributed by atoms with Gasteiger partial charge in [0.2, 0.25) is 11.7 Å². The minimum Gasteiger partial charge on any atom is -0.475 e. The lowest BCUT2D eigenvalue weighted by molar-refractivity contribution is -0.192. The van der Waals surface area contributed by atoms with Crippen LogP contribution < -0.4 is 5.73 Å². The summed E-state index contributed by atoms with van der Waals surface area (Å²) in [4.78, 5) is 13.2. The molecule has 0 bridgehead atoms. The van der Waals surface area contributed by atoms with Crippen molar-refractivity contribution in [1.29, 1.82) is 0 Å². The van der Waals surface area contributed by atoms with E-state index in [9.17, 15) is 17.6 Å². The van der Waals surface area contributed by atoms with E-state index >= 15 is 0 Å². The first kappa shape index (κ1) is 25.1. The van der Waals surface area contributed by atoms with Crippen LogP contribution in [0.2, 0.25) is 10.0 Å². The number of nitrogens with two attached hydrogens (primary N) is 1. The van der Waals surface area contributed by atoms with Gasteiger partial charge in [0.1, 0.15) is 5.83 Å². The number of carboxylic acids is 1. The Morgan fingerprint density at radius 3 is 2.35 bits per heavy atom. The molecule has 170 valence electrons. The number of allylic oxidation sites excluding steroid dienone is 1.